The van der Waals surface area contributed by atoms with E-state index < -0.39 is 0 Å². The van der Waals surface area contributed by atoms with Gasteiger partial charge < -0.3 is 4.74 Å². The molecule has 1 heterocycles. The second-order valence-electron chi connectivity index (χ2n) is 12.3. The first-order chi connectivity index (χ1) is 22.7. The van der Waals surface area contributed by atoms with Crippen LogP contribution in [0.15, 0.2) is 90.1 Å². The van der Waals surface area contributed by atoms with Crippen LogP contribution in [0.25, 0.3) is 22.5 Å². The maximum absolute atomic E-state index is 12.8. The highest BCUT2D eigenvalue weighted by atomic mass is 32.2. The lowest BCUT2D eigenvalue weighted by Crippen LogP contribution is -2.08. The highest BCUT2D eigenvalue weighted by molar-refractivity contribution is 7.99. The Bertz CT molecular complexity index is 1400. The quantitative estimate of drug-likeness (QED) is 0.0394. The maximum Gasteiger partial charge on any atom is 0.343 e. The van der Waals surface area contributed by atoms with Gasteiger partial charge in [-0.15, -0.1) is 11.8 Å². The summed E-state index contributed by atoms with van der Waals surface area (Å²) in [5.41, 5.74) is 4.82. The molecular weight excluding hydrogens is 585 g/mol. The Labute approximate surface area is 281 Å². The van der Waals surface area contributed by atoms with Crippen LogP contribution in [0, 0.1) is 0 Å². The monoisotopic (exact) mass is 636 g/mol. The molecule has 0 radical (unpaired) electrons. The molecule has 0 aliphatic rings. The van der Waals surface area contributed by atoms with Crippen molar-refractivity contribution in [3.63, 3.8) is 0 Å². The Kier molecular flexibility index (Phi) is 15.9. The molecule has 0 atom stereocenters. The molecule has 0 bridgehead atoms. The number of thioether (sulfide) groups is 1. The molecule has 0 spiro atoms. The van der Waals surface area contributed by atoms with Crippen LogP contribution in [-0.4, -0.2) is 21.7 Å². The van der Waals surface area contributed by atoms with E-state index in [1.165, 1.54) is 106 Å². The zero-order chi connectivity index (χ0) is 32.2. The molecule has 0 saturated heterocycles. The lowest BCUT2D eigenvalue weighted by Gasteiger charge is -2.08. The second-order valence-corrected chi connectivity index (χ2v) is 13.4. The van der Waals surface area contributed by atoms with Crippen LogP contribution in [-0.2, 0) is 6.42 Å². The van der Waals surface area contributed by atoms with E-state index in [1.807, 2.05) is 60.6 Å². The normalized spacial score (nSPS) is 11.1. The minimum atomic E-state index is -0.373. The van der Waals surface area contributed by atoms with Crippen molar-refractivity contribution < 1.29 is 9.53 Å². The average molecular weight is 637 g/mol. The third-order valence-electron chi connectivity index (χ3n) is 8.42. The van der Waals surface area contributed by atoms with Crippen molar-refractivity contribution >= 4 is 17.7 Å². The Balaban J connectivity index is 1.18. The first-order valence-corrected chi connectivity index (χ1v) is 18.6. The molecular formula is C41H52N2O2S. The fraction of sp³-hybridized carbons (Fsp3) is 0.439. The van der Waals surface area contributed by atoms with Crippen LogP contribution in [0.5, 0.6) is 5.75 Å². The molecule has 0 aliphatic heterocycles. The van der Waals surface area contributed by atoms with Crippen molar-refractivity contribution in [1.82, 2.24) is 9.97 Å². The van der Waals surface area contributed by atoms with Crippen molar-refractivity contribution in [2.24, 2.45) is 0 Å². The highest BCUT2D eigenvalue weighted by Gasteiger charge is 2.10. The van der Waals surface area contributed by atoms with Gasteiger partial charge in [0.2, 0.25) is 0 Å². The molecule has 1 aromatic heterocycles. The first kappa shape index (κ1) is 35.4. The van der Waals surface area contributed by atoms with Gasteiger partial charge in [0.1, 0.15) is 5.75 Å². The summed E-state index contributed by atoms with van der Waals surface area (Å²) in [7, 11) is 0. The molecule has 0 N–H and O–H groups in total. The van der Waals surface area contributed by atoms with Crippen molar-refractivity contribution in [3.05, 3.63) is 96.3 Å². The summed E-state index contributed by atoms with van der Waals surface area (Å²) in [4.78, 5) is 23.3. The van der Waals surface area contributed by atoms with Gasteiger partial charge in [-0.25, -0.2) is 14.8 Å². The predicted molar refractivity (Wildman–Crippen MR) is 195 cm³/mol. The number of rotatable bonds is 21. The summed E-state index contributed by atoms with van der Waals surface area (Å²) in [6, 6.07) is 23.7. The molecule has 4 rings (SSSR count). The molecule has 0 unspecified atom stereocenters. The maximum atomic E-state index is 12.8. The van der Waals surface area contributed by atoms with Gasteiger partial charge in [0.05, 0.1) is 5.56 Å². The lowest BCUT2D eigenvalue weighted by atomic mass is 10.0. The van der Waals surface area contributed by atoms with E-state index in [-0.39, 0.29) is 5.97 Å². The van der Waals surface area contributed by atoms with Crippen LogP contribution >= 0.6 is 11.8 Å². The summed E-state index contributed by atoms with van der Waals surface area (Å²) in [6.45, 7) is 4.52. The molecule has 5 heteroatoms. The van der Waals surface area contributed by atoms with Crippen molar-refractivity contribution in [2.75, 3.05) is 5.75 Å². The van der Waals surface area contributed by atoms with E-state index in [9.17, 15) is 4.79 Å². The van der Waals surface area contributed by atoms with E-state index >= 15 is 0 Å². The largest absolute Gasteiger partial charge is 0.423 e. The number of carbonyl (C=O) groups excluding carboxylic acids is 1. The zero-order valence-electron chi connectivity index (χ0n) is 28.0. The van der Waals surface area contributed by atoms with Gasteiger partial charge in [0.15, 0.2) is 5.82 Å². The lowest BCUT2D eigenvalue weighted by molar-refractivity contribution is 0.0735. The van der Waals surface area contributed by atoms with Crippen LogP contribution in [0.2, 0.25) is 0 Å². The van der Waals surface area contributed by atoms with Crippen LogP contribution in [0.4, 0.5) is 0 Å². The highest BCUT2D eigenvalue weighted by Crippen LogP contribution is 2.26. The van der Waals surface area contributed by atoms with Gasteiger partial charge >= 0.3 is 5.97 Å². The fourth-order valence-corrected chi connectivity index (χ4v) is 6.46. The molecule has 0 fully saturated rings. The number of aromatic nitrogens is 2. The van der Waals surface area contributed by atoms with Gasteiger partial charge in [0.25, 0.3) is 0 Å². The number of esters is 1. The zero-order valence-corrected chi connectivity index (χ0v) is 28.8. The predicted octanol–water partition coefficient (Wildman–Crippen LogP) is 12.2. The van der Waals surface area contributed by atoms with E-state index in [2.05, 4.69) is 48.1 Å². The molecule has 0 saturated carbocycles. The number of carbonyl (C=O) groups is 1. The molecule has 244 valence electrons. The third-order valence-corrected chi connectivity index (χ3v) is 9.52. The van der Waals surface area contributed by atoms with Gasteiger partial charge in [0, 0.05) is 22.9 Å². The number of benzene rings is 3. The topological polar surface area (TPSA) is 52.1 Å². The fourth-order valence-electron chi connectivity index (χ4n) is 5.55. The minimum Gasteiger partial charge on any atom is -0.423 e. The van der Waals surface area contributed by atoms with Gasteiger partial charge in [-0.05, 0) is 90.2 Å². The van der Waals surface area contributed by atoms with Gasteiger partial charge in [-0.3, -0.25) is 0 Å². The molecule has 46 heavy (non-hydrogen) atoms. The molecule has 4 nitrogen and oxygen atoms in total. The molecule has 0 amide bonds. The van der Waals surface area contributed by atoms with Crippen LogP contribution in [0.3, 0.4) is 0 Å². The standard InChI is InChI=1S/C41H52N2O2S/c1-3-5-7-9-11-12-14-16-30-46-39-28-24-35(25-29-39)34-18-20-37(21-19-34)41(44)45-38-26-22-36(23-27-38)40-42-31-33(32-43-40)17-15-13-10-8-6-4-2/h18-29,31-32H,3-17,30H2,1-2H3. The summed E-state index contributed by atoms with van der Waals surface area (Å²) in [5, 5.41) is 0. The number of ether oxygens (including phenoxy) is 1. The van der Waals surface area contributed by atoms with E-state index in [4.69, 9.17) is 4.74 Å². The Morgan fingerprint density at radius 1 is 0.587 bits per heavy atom. The second kappa shape index (κ2) is 20.6. The van der Waals surface area contributed by atoms with E-state index in [0.29, 0.717) is 17.1 Å². The van der Waals surface area contributed by atoms with Crippen molar-refractivity contribution in [3.8, 4) is 28.3 Å². The summed E-state index contributed by atoms with van der Waals surface area (Å²) in [5.74, 6) is 1.98. The van der Waals surface area contributed by atoms with E-state index in [1.54, 1.807) is 12.1 Å². The molecule has 0 aliphatic carbocycles. The summed E-state index contributed by atoms with van der Waals surface area (Å²) >= 11 is 1.94. The minimum absolute atomic E-state index is 0.373. The first-order valence-electron chi connectivity index (χ1n) is 17.6. The van der Waals surface area contributed by atoms with Crippen molar-refractivity contribution in [1.29, 1.82) is 0 Å². The van der Waals surface area contributed by atoms with E-state index in [0.717, 1.165) is 23.1 Å². The van der Waals surface area contributed by atoms with Crippen LogP contribution in [0.1, 0.15) is 120 Å². The third kappa shape index (κ3) is 12.4. The number of nitrogens with zero attached hydrogens (tertiary/aromatic N) is 2. The number of hydrogen-bond acceptors (Lipinski definition) is 5. The number of aryl methyl sites for hydroxylation is 1. The molecule has 3 aromatic carbocycles. The van der Waals surface area contributed by atoms with Crippen LogP contribution < -0.4 is 4.74 Å². The van der Waals surface area contributed by atoms with Gasteiger partial charge in [-0.1, -0.05) is 115 Å². The Hall–Kier alpha value is -3.44. The Morgan fingerprint density at radius 2 is 1.09 bits per heavy atom. The SMILES string of the molecule is CCCCCCCCCCSc1ccc(-c2ccc(C(=O)Oc3ccc(-c4ncc(CCCCCCCC)cn4)cc3)cc2)cc1. The number of unbranched alkanes of at least 4 members (excludes halogenated alkanes) is 12. The van der Waals surface area contributed by atoms with Crippen molar-refractivity contribution in [2.45, 2.75) is 115 Å². The average Bonchev–Trinajstić information content (AvgIpc) is 3.10. The molecule has 4 aromatic rings. The summed E-state index contributed by atoms with van der Waals surface area (Å²) in [6.07, 6.45) is 23.4. The smallest absolute Gasteiger partial charge is 0.343 e. The van der Waals surface area contributed by atoms with Gasteiger partial charge in [-0.2, -0.15) is 0 Å². The summed E-state index contributed by atoms with van der Waals surface area (Å²) < 4.78 is 5.65. The number of hydrogen-bond donors (Lipinski definition) is 0. The Morgan fingerprint density at radius 3 is 1.67 bits per heavy atom.